The van der Waals surface area contributed by atoms with E-state index in [4.69, 9.17) is 0 Å². The maximum atomic E-state index is 13.2. The molecule has 3 heteroatoms. The van der Waals surface area contributed by atoms with Gasteiger partial charge in [-0.25, -0.2) is 4.39 Å². The zero-order valence-corrected chi connectivity index (χ0v) is 7.74. The quantitative estimate of drug-likeness (QED) is 0.687. The maximum Gasteiger partial charge on any atom is 0.126 e. The standard InChI is InChI=1S/C11H9FN2/c1-8-2-3-9(6-10(8)12)11-7-13-4-5-14-11/h2-7H,1H3. The second-order valence-corrected chi connectivity index (χ2v) is 3.05. The van der Waals surface area contributed by atoms with Crippen molar-refractivity contribution in [2.75, 3.05) is 0 Å². The second kappa shape index (κ2) is 3.54. The Bertz CT molecular complexity index is 440. The van der Waals surface area contributed by atoms with Crippen LogP contribution in [0, 0.1) is 12.7 Å². The Kier molecular flexibility index (Phi) is 2.23. The molecule has 0 atom stereocenters. The summed E-state index contributed by atoms with van der Waals surface area (Å²) < 4.78 is 13.2. The summed E-state index contributed by atoms with van der Waals surface area (Å²) in [5, 5.41) is 0. The molecule has 1 aromatic carbocycles. The minimum atomic E-state index is -0.215. The first-order valence-corrected chi connectivity index (χ1v) is 4.30. The molecule has 0 saturated heterocycles. The number of nitrogens with zero attached hydrogens (tertiary/aromatic N) is 2. The van der Waals surface area contributed by atoms with Gasteiger partial charge in [-0.1, -0.05) is 12.1 Å². The van der Waals surface area contributed by atoms with E-state index in [2.05, 4.69) is 9.97 Å². The number of aryl methyl sites for hydroxylation is 1. The fourth-order valence-corrected chi connectivity index (χ4v) is 1.20. The topological polar surface area (TPSA) is 25.8 Å². The van der Waals surface area contributed by atoms with Gasteiger partial charge in [-0.15, -0.1) is 0 Å². The van der Waals surface area contributed by atoms with Crippen LogP contribution in [0.25, 0.3) is 11.3 Å². The molecule has 0 aliphatic carbocycles. The highest BCUT2D eigenvalue weighted by atomic mass is 19.1. The van der Waals surface area contributed by atoms with Crippen molar-refractivity contribution in [3.8, 4) is 11.3 Å². The minimum Gasteiger partial charge on any atom is -0.261 e. The predicted molar refractivity (Wildman–Crippen MR) is 52.2 cm³/mol. The first-order valence-electron chi connectivity index (χ1n) is 4.30. The smallest absolute Gasteiger partial charge is 0.126 e. The lowest BCUT2D eigenvalue weighted by molar-refractivity contribution is 0.619. The zero-order valence-electron chi connectivity index (χ0n) is 7.74. The lowest BCUT2D eigenvalue weighted by Gasteiger charge is -2.01. The Morgan fingerprint density at radius 1 is 1.21 bits per heavy atom. The SMILES string of the molecule is Cc1ccc(-c2cnccn2)cc1F. The Hall–Kier alpha value is -1.77. The Morgan fingerprint density at radius 3 is 2.71 bits per heavy atom. The monoisotopic (exact) mass is 188 g/mol. The van der Waals surface area contributed by atoms with Gasteiger partial charge in [-0.05, 0) is 18.6 Å². The molecule has 0 radical (unpaired) electrons. The molecule has 70 valence electrons. The van der Waals surface area contributed by atoms with Gasteiger partial charge in [-0.3, -0.25) is 9.97 Å². The molecule has 0 saturated carbocycles. The van der Waals surface area contributed by atoms with Crippen LogP contribution in [0.3, 0.4) is 0 Å². The highest BCUT2D eigenvalue weighted by molar-refractivity contribution is 5.58. The van der Waals surface area contributed by atoms with E-state index in [9.17, 15) is 4.39 Å². The van der Waals surface area contributed by atoms with Crippen molar-refractivity contribution in [3.05, 3.63) is 48.2 Å². The molecule has 2 rings (SSSR count). The lowest BCUT2D eigenvalue weighted by atomic mass is 10.1. The van der Waals surface area contributed by atoms with Crippen LogP contribution in [0.4, 0.5) is 4.39 Å². The third-order valence-corrected chi connectivity index (χ3v) is 2.03. The van der Waals surface area contributed by atoms with E-state index in [1.165, 1.54) is 6.07 Å². The summed E-state index contributed by atoms with van der Waals surface area (Å²) in [7, 11) is 0. The first kappa shape index (κ1) is 8.81. The van der Waals surface area contributed by atoms with Crippen molar-refractivity contribution in [2.45, 2.75) is 6.92 Å². The molecule has 0 unspecified atom stereocenters. The van der Waals surface area contributed by atoms with E-state index < -0.39 is 0 Å². The summed E-state index contributed by atoms with van der Waals surface area (Å²) >= 11 is 0. The summed E-state index contributed by atoms with van der Waals surface area (Å²) in [5.74, 6) is -0.215. The highest BCUT2D eigenvalue weighted by Crippen LogP contribution is 2.18. The van der Waals surface area contributed by atoms with Crippen LogP contribution in [0.15, 0.2) is 36.8 Å². The van der Waals surface area contributed by atoms with Gasteiger partial charge in [0.25, 0.3) is 0 Å². The van der Waals surface area contributed by atoms with E-state index in [-0.39, 0.29) is 5.82 Å². The van der Waals surface area contributed by atoms with Crippen LogP contribution >= 0.6 is 0 Å². The molecule has 14 heavy (non-hydrogen) atoms. The Morgan fingerprint density at radius 2 is 2.07 bits per heavy atom. The molecule has 0 amide bonds. The summed E-state index contributed by atoms with van der Waals surface area (Å²) in [5.41, 5.74) is 2.07. The third kappa shape index (κ3) is 1.62. The predicted octanol–water partition coefficient (Wildman–Crippen LogP) is 2.59. The van der Waals surface area contributed by atoms with Gasteiger partial charge in [0.05, 0.1) is 11.9 Å². The lowest BCUT2D eigenvalue weighted by Crippen LogP contribution is -1.87. The summed E-state index contributed by atoms with van der Waals surface area (Å²) in [6, 6.07) is 5.04. The zero-order chi connectivity index (χ0) is 9.97. The molecule has 0 fully saturated rings. The molecule has 1 aromatic heterocycles. The molecular formula is C11H9FN2. The largest absolute Gasteiger partial charge is 0.261 e. The van der Waals surface area contributed by atoms with Gasteiger partial charge in [0.1, 0.15) is 5.82 Å². The molecule has 1 heterocycles. The molecule has 2 aromatic rings. The number of aromatic nitrogens is 2. The third-order valence-electron chi connectivity index (χ3n) is 2.03. The van der Waals surface area contributed by atoms with Crippen LogP contribution in [0.2, 0.25) is 0 Å². The Labute approximate surface area is 81.5 Å². The van der Waals surface area contributed by atoms with Gasteiger partial charge in [-0.2, -0.15) is 0 Å². The fourth-order valence-electron chi connectivity index (χ4n) is 1.20. The van der Waals surface area contributed by atoms with E-state index in [1.807, 2.05) is 6.07 Å². The number of halogens is 1. The number of benzene rings is 1. The van der Waals surface area contributed by atoms with Crippen LogP contribution < -0.4 is 0 Å². The fraction of sp³-hybridized carbons (Fsp3) is 0.0909. The first-order chi connectivity index (χ1) is 6.77. The van der Waals surface area contributed by atoms with Crippen molar-refractivity contribution in [3.63, 3.8) is 0 Å². The van der Waals surface area contributed by atoms with Gasteiger partial charge in [0, 0.05) is 18.0 Å². The average Bonchev–Trinajstić information content (AvgIpc) is 2.23. The molecule has 2 nitrogen and oxygen atoms in total. The summed E-state index contributed by atoms with van der Waals surface area (Å²) in [6.45, 7) is 1.73. The highest BCUT2D eigenvalue weighted by Gasteiger charge is 2.02. The summed E-state index contributed by atoms with van der Waals surface area (Å²) in [4.78, 5) is 8.02. The maximum absolute atomic E-state index is 13.2. The minimum absolute atomic E-state index is 0.215. The van der Waals surface area contributed by atoms with Crippen LogP contribution in [0.5, 0.6) is 0 Å². The second-order valence-electron chi connectivity index (χ2n) is 3.05. The average molecular weight is 188 g/mol. The number of rotatable bonds is 1. The van der Waals surface area contributed by atoms with Gasteiger partial charge in [0.15, 0.2) is 0 Å². The molecule has 0 spiro atoms. The van der Waals surface area contributed by atoms with E-state index in [1.54, 1.807) is 31.6 Å². The van der Waals surface area contributed by atoms with Crippen molar-refractivity contribution in [1.29, 1.82) is 0 Å². The summed E-state index contributed by atoms with van der Waals surface area (Å²) in [6.07, 6.45) is 4.80. The Balaban J connectivity index is 2.48. The molecule has 0 bridgehead atoms. The van der Waals surface area contributed by atoms with Gasteiger partial charge >= 0.3 is 0 Å². The molecular weight excluding hydrogens is 179 g/mol. The molecule has 0 aliphatic heterocycles. The van der Waals surface area contributed by atoms with Crippen molar-refractivity contribution in [2.24, 2.45) is 0 Å². The van der Waals surface area contributed by atoms with Gasteiger partial charge in [0.2, 0.25) is 0 Å². The van der Waals surface area contributed by atoms with Crippen molar-refractivity contribution >= 4 is 0 Å². The van der Waals surface area contributed by atoms with Crippen LogP contribution in [0.1, 0.15) is 5.56 Å². The van der Waals surface area contributed by atoms with Crippen molar-refractivity contribution < 1.29 is 4.39 Å². The van der Waals surface area contributed by atoms with Crippen LogP contribution in [-0.4, -0.2) is 9.97 Å². The van der Waals surface area contributed by atoms with E-state index in [0.717, 1.165) is 5.56 Å². The normalized spacial score (nSPS) is 10.1. The van der Waals surface area contributed by atoms with E-state index >= 15 is 0 Å². The molecule has 0 N–H and O–H groups in total. The number of hydrogen-bond acceptors (Lipinski definition) is 2. The van der Waals surface area contributed by atoms with Crippen molar-refractivity contribution in [1.82, 2.24) is 9.97 Å². The number of hydrogen-bond donors (Lipinski definition) is 0. The van der Waals surface area contributed by atoms with Gasteiger partial charge < -0.3 is 0 Å². The molecule has 0 aliphatic rings. The van der Waals surface area contributed by atoms with Crippen LogP contribution in [-0.2, 0) is 0 Å². The van der Waals surface area contributed by atoms with E-state index in [0.29, 0.717) is 11.3 Å².